The maximum absolute atomic E-state index is 13.1. The zero-order valence-electron chi connectivity index (χ0n) is 10.5. The van der Waals surface area contributed by atoms with Crippen LogP contribution in [0.5, 0.6) is 0 Å². The van der Waals surface area contributed by atoms with Crippen LogP contribution in [0.1, 0.15) is 18.4 Å². The zero-order valence-corrected chi connectivity index (χ0v) is 11.3. The molecule has 1 atom stereocenters. The first-order chi connectivity index (χ1) is 8.26. The smallest absolute Gasteiger partial charge is 0.123 e. The summed E-state index contributed by atoms with van der Waals surface area (Å²) in [4.78, 5) is 2.46. The molecule has 2 aliphatic heterocycles. The van der Waals surface area contributed by atoms with Gasteiger partial charge < -0.3 is 5.32 Å². The number of rotatable bonds is 2. The molecule has 100 valence electrons. The molecule has 1 N–H and O–H groups in total. The van der Waals surface area contributed by atoms with Crippen LogP contribution in [0, 0.1) is 11.2 Å². The van der Waals surface area contributed by atoms with Gasteiger partial charge in [0.25, 0.3) is 0 Å². The Morgan fingerprint density at radius 1 is 1.33 bits per heavy atom. The molecule has 0 saturated carbocycles. The normalized spacial score (nSPS) is 27.6. The van der Waals surface area contributed by atoms with Gasteiger partial charge in [-0.1, -0.05) is 12.1 Å². The lowest BCUT2D eigenvalue weighted by molar-refractivity contribution is 0.268. The molecule has 4 heteroatoms. The number of hydrogen-bond donors (Lipinski definition) is 1. The second kappa shape index (κ2) is 5.55. The summed E-state index contributed by atoms with van der Waals surface area (Å²) in [6.45, 7) is 5.52. The topological polar surface area (TPSA) is 15.3 Å². The minimum Gasteiger partial charge on any atom is -0.316 e. The van der Waals surface area contributed by atoms with Gasteiger partial charge in [0, 0.05) is 19.6 Å². The predicted molar refractivity (Wildman–Crippen MR) is 73.5 cm³/mol. The molecule has 2 nitrogen and oxygen atoms in total. The minimum atomic E-state index is -0.126. The van der Waals surface area contributed by atoms with Gasteiger partial charge in [-0.3, -0.25) is 4.90 Å². The van der Waals surface area contributed by atoms with E-state index < -0.39 is 0 Å². The highest BCUT2D eigenvalue weighted by atomic mass is 35.5. The van der Waals surface area contributed by atoms with Crippen molar-refractivity contribution in [2.45, 2.75) is 19.4 Å². The Balaban J connectivity index is 0.00000120. The van der Waals surface area contributed by atoms with E-state index in [9.17, 15) is 4.39 Å². The second-order valence-electron chi connectivity index (χ2n) is 5.52. The average molecular weight is 271 g/mol. The highest BCUT2D eigenvalue weighted by Crippen LogP contribution is 2.36. The van der Waals surface area contributed by atoms with Crippen molar-refractivity contribution in [2.75, 3.05) is 26.2 Å². The predicted octanol–water partition coefficient (Wildman–Crippen LogP) is 2.43. The van der Waals surface area contributed by atoms with E-state index >= 15 is 0 Å². The fourth-order valence-corrected chi connectivity index (χ4v) is 3.20. The Labute approximate surface area is 114 Å². The number of likely N-dealkylation sites (tertiary alicyclic amines) is 1. The molecule has 2 saturated heterocycles. The summed E-state index contributed by atoms with van der Waals surface area (Å²) < 4.78 is 13.1. The third-order valence-electron chi connectivity index (χ3n) is 4.14. The van der Waals surface area contributed by atoms with E-state index in [4.69, 9.17) is 0 Å². The fraction of sp³-hybridized carbons (Fsp3) is 0.571. The van der Waals surface area contributed by atoms with Crippen molar-refractivity contribution in [1.82, 2.24) is 10.2 Å². The Hall–Kier alpha value is -0.640. The SMILES string of the molecule is Cl.Fc1cccc(CN2CCC3(CCNC3)C2)c1. The van der Waals surface area contributed by atoms with Gasteiger partial charge in [-0.25, -0.2) is 4.39 Å². The van der Waals surface area contributed by atoms with E-state index in [1.165, 1.54) is 18.9 Å². The van der Waals surface area contributed by atoms with Crippen LogP contribution in [0.3, 0.4) is 0 Å². The van der Waals surface area contributed by atoms with Crippen molar-refractivity contribution < 1.29 is 4.39 Å². The van der Waals surface area contributed by atoms with E-state index in [1.54, 1.807) is 12.1 Å². The summed E-state index contributed by atoms with van der Waals surface area (Å²) >= 11 is 0. The van der Waals surface area contributed by atoms with Crippen LogP contribution in [0.4, 0.5) is 4.39 Å². The van der Waals surface area contributed by atoms with Crippen LogP contribution in [-0.4, -0.2) is 31.1 Å². The van der Waals surface area contributed by atoms with Gasteiger partial charge in [0.2, 0.25) is 0 Å². The molecule has 2 fully saturated rings. The zero-order chi connectivity index (χ0) is 11.7. The number of nitrogens with zero attached hydrogens (tertiary/aromatic N) is 1. The minimum absolute atomic E-state index is 0. The molecule has 18 heavy (non-hydrogen) atoms. The Morgan fingerprint density at radius 3 is 2.94 bits per heavy atom. The van der Waals surface area contributed by atoms with Crippen LogP contribution in [-0.2, 0) is 6.54 Å². The largest absolute Gasteiger partial charge is 0.316 e. The van der Waals surface area contributed by atoms with E-state index in [-0.39, 0.29) is 18.2 Å². The van der Waals surface area contributed by atoms with Gasteiger partial charge in [-0.05, 0) is 49.0 Å². The van der Waals surface area contributed by atoms with E-state index in [2.05, 4.69) is 10.2 Å². The van der Waals surface area contributed by atoms with Crippen LogP contribution in [0.25, 0.3) is 0 Å². The Kier molecular flexibility index (Phi) is 4.25. The summed E-state index contributed by atoms with van der Waals surface area (Å²) in [5, 5.41) is 3.46. The van der Waals surface area contributed by atoms with E-state index in [0.717, 1.165) is 38.3 Å². The molecule has 0 radical (unpaired) electrons. The monoisotopic (exact) mass is 270 g/mol. The molecule has 1 unspecified atom stereocenters. The fourth-order valence-electron chi connectivity index (χ4n) is 3.20. The summed E-state index contributed by atoms with van der Waals surface area (Å²) in [7, 11) is 0. The van der Waals surface area contributed by atoms with Gasteiger partial charge in [-0.2, -0.15) is 0 Å². The maximum Gasteiger partial charge on any atom is 0.123 e. The van der Waals surface area contributed by atoms with Crippen molar-refractivity contribution in [3.8, 4) is 0 Å². The summed E-state index contributed by atoms with van der Waals surface area (Å²) in [6, 6.07) is 6.97. The molecule has 0 aliphatic carbocycles. The molecule has 1 aromatic rings. The molecular weight excluding hydrogens is 251 g/mol. The third kappa shape index (κ3) is 2.85. The summed E-state index contributed by atoms with van der Waals surface area (Å²) in [5.74, 6) is -0.126. The lowest BCUT2D eigenvalue weighted by Gasteiger charge is -2.22. The van der Waals surface area contributed by atoms with Gasteiger partial charge in [0.15, 0.2) is 0 Å². The summed E-state index contributed by atoms with van der Waals surface area (Å²) in [5.41, 5.74) is 1.60. The molecule has 1 spiro atoms. The molecule has 1 aromatic carbocycles. The van der Waals surface area contributed by atoms with Gasteiger partial charge >= 0.3 is 0 Å². The maximum atomic E-state index is 13.1. The van der Waals surface area contributed by atoms with Crippen molar-refractivity contribution in [3.05, 3.63) is 35.6 Å². The van der Waals surface area contributed by atoms with E-state index in [0.29, 0.717) is 5.41 Å². The van der Waals surface area contributed by atoms with Crippen LogP contribution in [0.2, 0.25) is 0 Å². The molecule has 2 heterocycles. The van der Waals surface area contributed by atoms with Crippen molar-refractivity contribution in [2.24, 2.45) is 5.41 Å². The van der Waals surface area contributed by atoms with Gasteiger partial charge in [0.1, 0.15) is 5.82 Å². The van der Waals surface area contributed by atoms with Crippen LogP contribution < -0.4 is 5.32 Å². The van der Waals surface area contributed by atoms with E-state index in [1.807, 2.05) is 6.07 Å². The second-order valence-corrected chi connectivity index (χ2v) is 5.52. The van der Waals surface area contributed by atoms with Gasteiger partial charge in [0.05, 0.1) is 0 Å². The Bertz CT molecular complexity index is 405. The highest BCUT2D eigenvalue weighted by Gasteiger charge is 2.39. The number of halogens is 2. The van der Waals surface area contributed by atoms with Crippen molar-refractivity contribution in [3.63, 3.8) is 0 Å². The molecule has 3 rings (SSSR count). The molecule has 0 aromatic heterocycles. The van der Waals surface area contributed by atoms with Crippen molar-refractivity contribution >= 4 is 12.4 Å². The van der Waals surface area contributed by atoms with Crippen LogP contribution >= 0.6 is 12.4 Å². The number of nitrogens with one attached hydrogen (secondary N) is 1. The third-order valence-corrected chi connectivity index (χ3v) is 4.14. The highest BCUT2D eigenvalue weighted by molar-refractivity contribution is 5.85. The molecule has 2 aliphatic rings. The quantitative estimate of drug-likeness (QED) is 0.888. The first kappa shape index (κ1) is 13.8. The number of hydrogen-bond acceptors (Lipinski definition) is 2. The first-order valence-corrected chi connectivity index (χ1v) is 6.43. The first-order valence-electron chi connectivity index (χ1n) is 6.43. The lowest BCUT2D eigenvalue weighted by atomic mass is 9.86. The Morgan fingerprint density at radius 2 is 2.22 bits per heavy atom. The average Bonchev–Trinajstić information content (AvgIpc) is 2.90. The number of benzene rings is 1. The molecule has 0 bridgehead atoms. The lowest BCUT2D eigenvalue weighted by Crippen LogP contribution is -2.28. The van der Waals surface area contributed by atoms with Crippen molar-refractivity contribution in [1.29, 1.82) is 0 Å². The standard InChI is InChI=1S/C14H19FN2.ClH/c15-13-3-1-2-12(8-13)9-17-7-5-14(11-17)4-6-16-10-14;/h1-3,8,16H,4-7,9-11H2;1H. The molecule has 0 amide bonds. The van der Waals surface area contributed by atoms with Gasteiger partial charge in [-0.15, -0.1) is 12.4 Å². The van der Waals surface area contributed by atoms with Crippen LogP contribution in [0.15, 0.2) is 24.3 Å². The summed E-state index contributed by atoms with van der Waals surface area (Å²) in [6.07, 6.45) is 2.59. The molecular formula is C14H20ClFN2.